The fourth-order valence-corrected chi connectivity index (χ4v) is 2.45. The van der Waals surface area contributed by atoms with Gasteiger partial charge in [-0.25, -0.2) is 8.78 Å². The van der Waals surface area contributed by atoms with Crippen molar-refractivity contribution in [2.24, 2.45) is 5.92 Å². The van der Waals surface area contributed by atoms with Crippen molar-refractivity contribution >= 4 is 5.91 Å². The van der Waals surface area contributed by atoms with Gasteiger partial charge in [-0.05, 0) is 49.1 Å². The molecule has 0 aromatic heterocycles. The summed E-state index contributed by atoms with van der Waals surface area (Å²) in [5, 5.41) is 6.19. The molecule has 2 N–H and O–H groups in total. The van der Waals surface area contributed by atoms with Gasteiger partial charge in [-0.15, -0.1) is 0 Å². The highest BCUT2D eigenvalue weighted by Crippen LogP contribution is 2.13. The number of hydrogen-bond donors (Lipinski definition) is 2. The fraction of sp³-hybridized carbons (Fsp3) is 0.533. The molecule has 5 heteroatoms. The minimum atomic E-state index is -0.480. The van der Waals surface area contributed by atoms with Crippen LogP contribution in [0.1, 0.15) is 25.3 Å². The van der Waals surface area contributed by atoms with Crippen LogP contribution < -0.4 is 10.6 Å². The van der Waals surface area contributed by atoms with Gasteiger partial charge in [0.2, 0.25) is 5.91 Å². The average Bonchev–Trinajstić information content (AvgIpc) is 2.42. The first kappa shape index (κ1) is 14.9. The van der Waals surface area contributed by atoms with Crippen LogP contribution >= 0.6 is 0 Å². The molecule has 20 heavy (non-hydrogen) atoms. The number of rotatable bonds is 4. The van der Waals surface area contributed by atoms with Crippen molar-refractivity contribution in [2.75, 3.05) is 13.1 Å². The summed E-state index contributed by atoms with van der Waals surface area (Å²) in [6.07, 6.45) is 1.41. The van der Waals surface area contributed by atoms with Crippen LogP contribution in [-0.2, 0) is 11.2 Å². The lowest BCUT2D eigenvalue weighted by Gasteiger charge is -2.30. The molecule has 1 aliphatic heterocycles. The van der Waals surface area contributed by atoms with E-state index in [0.29, 0.717) is 5.92 Å². The second kappa shape index (κ2) is 6.79. The number of carbonyl (C=O) groups excluding carboxylic acids is 1. The van der Waals surface area contributed by atoms with Gasteiger partial charge in [0.1, 0.15) is 11.6 Å². The minimum absolute atomic E-state index is 0.116. The maximum absolute atomic E-state index is 13.4. The van der Waals surface area contributed by atoms with Gasteiger partial charge in [0.25, 0.3) is 0 Å². The molecule has 1 aliphatic rings. The van der Waals surface area contributed by atoms with Gasteiger partial charge >= 0.3 is 0 Å². The summed E-state index contributed by atoms with van der Waals surface area (Å²) in [5.74, 6) is -0.626. The zero-order valence-electron chi connectivity index (χ0n) is 11.6. The Morgan fingerprint density at radius 2 is 2.25 bits per heavy atom. The minimum Gasteiger partial charge on any atom is -0.352 e. The molecule has 2 unspecified atom stereocenters. The molecule has 110 valence electrons. The molecule has 3 nitrogen and oxygen atoms in total. The number of hydrogen-bond acceptors (Lipinski definition) is 2. The zero-order valence-corrected chi connectivity index (χ0v) is 11.6. The summed E-state index contributed by atoms with van der Waals surface area (Å²) in [7, 11) is 0. The number of carbonyl (C=O) groups is 1. The summed E-state index contributed by atoms with van der Waals surface area (Å²) in [6, 6.07) is 3.44. The van der Waals surface area contributed by atoms with Gasteiger partial charge in [0, 0.05) is 19.0 Å². The van der Waals surface area contributed by atoms with Crippen molar-refractivity contribution in [2.45, 2.75) is 32.2 Å². The molecule has 0 aliphatic carbocycles. The van der Waals surface area contributed by atoms with Crippen molar-refractivity contribution in [3.05, 3.63) is 35.4 Å². The summed E-state index contributed by atoms with van der Waals surface area (Å²) in [6.45, 7) is 3.85. The second-order valence-corrected chi connectivity index (χ2v) is 5.38. The van der Waals surface area contributed by atoms with Crippen molar-refractivity contribution < 1.29 is 13.6 Å². The number of piperidine rings is 1. The molecule has 2 atom stereocenters. The van der Waals surface area contributed by atoms with E-state index < -0.39 is 11.6 Å². The van der Waals surface area contributed by atoms with Gasteiger partial charge in [-0.1, -0.05) is 6.92 Å². The topological polar surface area (TPSA) is 41.1 Å². The van der Waals surface area contributed by atoms with E-state index in [4.69, 9.17) is 0 Å². The van der Waals surface area contributed by atoms with E-state index in [1.54, 1.807) is 0 Å². The summed E-state index contributed by atoms with van der Waals surface area (Å²) >= 11 is 0. The number of halogens is 2. The van der Waals surface area contributed by atoms with E-state index in [0.717, 1.165) is 37.7 Å². The standard InChI is InChI=1S/C15H20F2N2O/c1-10-6-7-18-9-14(10)19-15(20)5-2-11-8-12(16)3-4-13(11)17/h3-4,8,10,14,18H,2,5-7,9H2,1H3,(H,19,20). The second-order valence-electron chi connectivity index (χ2n) is 5.38. The van der Waals surface area contributed by atoms with Crippen molar-refractivity contribution in [1.29, 1.82) is 0 Å². The molecule has 0 bridgehead atoms. The van der Waals surface area contributed by atoms with E-state index in [2.05, 4.69) is 17.6 Å². The Hall–Kier alpha value is -1.49. The molecule has 1 aromatic rings. The Morgan fingerprint density at radius 3 is 3.00 bits per heavy atom. The van der Waals surface area contributed by atoms with Crippen LogP contribution in [0.4, 0.5) is 8.78 Å². The molecular weight excluding hydrogens is 262 g/mol. The molecular formula is C15H20F2N2O. The van der Waals surface area contributed by atoms with E-state index >= 15 is 0 Å². The lowest BCUT2D eigenvalue weighted by Crippen LogP contribution is -2.50. The molecule has 1 amide bonds. The molecule has 1 heterocycles. The Labute approximate surface area is 117 Å². The first-order chi connectivity index (χ1) is 9.56. The van der Waals surface area contributed by atoms with Crippen LogP contribution in [0.15, 0.2) is 18.2 Å². The third kappa shape index (κ3) is 4.00. The highest BCUT2D eigenvalue weighted by atomic mass is 19.1. The van der Waals surface area contributed by atoms with Crippen molar-refractivity contribution in [3.8, 4) is 0 Å². The van der Waals surface area contributed by atoms with Crippen LogP contribution in [0.5, 0.6) is 0 Å². The van der Waals surface area contributed by atoms with E-state index in [1.165, 1.54) is 0 Å². The predicted molar refractivity (Wildman–Crippen MR) is 73.3 cm³/mol. The summed E-state index contributed by atoms with van der Waals surface area (Å²) < 4.78 is 26.5. The monoisotopic (exact) mass is 282 g/mol. The molecule has 0 saturated carbocycles. The lowest BCUT2D eigenvalue weighted by atomic mass is 9.94. The Bertz CT molecular complexity index is 479. The van der Waals surface area contributed by atoms with Gasteiger partial charge in [0.05, 0.1) is 0 Å². The fourth-order valence-electron chi connectivity index (χ4n) is 2.45. The third-order valence-corrected chi connectivity index (χ3v) is 3.80. The van der Waals surface area contributed by atoms with Crippen LogP contribution in [0.2, 0.25) is 0 Å². The molecule has 1 aromatic carbocycles. The van der Waals surface area contributed by atoms with E-state index in [1.807, 2.05) is 0 Å². The summed E-state index contributed by atoms with van der Waals surface area (Å²) in [4.78, 5) is 11.9. The molecule has 1 fully saturated rings. The normalized spacial score (nSPS) is 22.6. The third-order valence-electron chi connectivity index (χ3n) is 3.80. The Morgan fingerprint density at radius 1 is 1.45 bits per heavy atom. The largest absolute Gasteiger partial charge is 0.352 e. The number of aryl methyl sites for hydroxylation is 1. The number of amides is 1. The van der Waals surface area contributed by atoms with Gasteiger partial charge in [0.15, 0.2) is 0 Å². The first-order valence-corrected chi connectivity index (χ1v) is 7.00. The van der Waals surface area contributed by atoms with Gasteiger partial charge in [-0.3, -0.25) is 4.79 Å². The molecule has 0 spiro atoms. The predicted octanol–water partition coefficient (Wildman–Crippen LogP) is 2.01. The van der Waals surface area contributed by atoms with E-state index in [-0.39, 0.29) is 30.4 Å². The molecule has 2 rings (SSSR count). The van der Waals surface area contributed by atoms with Gasteiger partial charge in [-0.2, -0.15) is 0 Å². The Balaban J connectivity index is 1.84. The first-order valence-electron chi connectivity index (χ1n) is 7.00. The SMILES string of the molecule is CC1CCNCC1NC(=O)CCc1cc(F)ccc1F. The lowest BCUT2D eigenvalue weighted by molar-refractivity contribution is -0.122. The van der Waals surface area contributed by atoms with E-state index in [9.17, 15) is 13.6 Å². The van der Waals surface area contributed by atoms with Crippen LogP contribution in [0, 0.1) is 17.6 Å². The van der Waals surface area contributed by atoms with Crippen LogP contribution in [0.25, 0.3) is 0 Å². The van der Waals surface area contributed by atoms with Crippen molar-refractivity contribution in [3.63, 3.8) is 0 Å². The quantitative estimate of drug-likeness (QED) is 0.887. The average molecular weight is 282 g/mol. The zero-order chi connectivity index (χ0) is 14.5. The molecule has 1 saturated heterocycles. The number of benzene rings is 1. The highest BCUT2D eigenvalue weighted by molar-refractivity contribution is 5.76. The summed E-state index contributed by atoms with van der Waals surface area (Å²) in [5.41, 5.74) is 0.245. The maximum atomic E-state index is 13.4. The van der Waals surface area contributed by atoms with Gasteiger partial charge < -0.3 is 10.6 Å². The smallest absolute Gasteiger partial charge is 0.220 e. The highest BCUT2D eigenvalue weighted by Gasteiger charge is 2.22. The molecule has 0 radical (unpaired) electrons. The maximum Gasteiger partial charge on any atom is 0.220 e. The number of nitrogens with one attached hydrogen (secondary N) is 2. The van der Waals surface area contributed by atoms with Crippen molar-refractivity contribution in [1.82, 2.24) is 10.6 Å². The van der Waals surface area contributed by atoms with Crippen LogP contribution in [0.3, 0.4) is 0 Å². The Kier molecular flexibility index (Phi) is 5.06. The van der Waals surface area contributed by atoms with Crippen LogP contribution in [-0.4, -0.2) is 25.0 Å².